The van der Waals surface area contributed by atoms with E-state index in [4.69, 9.17) is 32.7 Å². The fraction of sp³-hybridized carbons (Fsp3) is 0.125. The fourth-order valence-corrected chi connectivity index (χ4v) is 4.33. The third kappa shape index (κ3) is 5.30. The van der Waals surface area contributed by atoms with E-state index in [-0.39, 0.29) is 12.2 Å². The number of ether oxygens (including phenoxy) is 2. The van der Waals surface area contributed by atoms with Gasteiger partial charge in [0.05, 0.1) is 34.3 Å². The van der Waals surface area contributed by atoms with Gasteiger partial charge in [0.25, 0.3) is 5.56 Å². The molecule has 0 spiro atoms. The topological polar surface area (TPSA) is 65.7 Å². The minimum absolute atomic E-state index is 0.260. The normalized spacial score (nSPS) is 11.4. The van der Waals surface area contributed by atoms with E-state index in [1.165, 1.54) is 4.68 Å². The quantitative estimate of drug-likeness (QED) is 0.216. The van der Waals surface area contributed by atoms with Crippen LogP contribution in [-0.4, -0.2) is 23.0 Å². The minimum Gasteiger partial charge on any atom is -0.493 e. The minimum atomic E-state index is -0.260. The third-order valence-electron chi connectivity index (χ3n) is 4.94. The number of hydrogen-bond acceptors (Lipinski definition) is 5. The van der Waals surface area contributed by atoms with Crippen LogP contribution in [0.4, 0.5) is 0 Å². The number of methoxy groups -OCH3 is 1. The van der Waals surface area contributed by atoms with Crippen molar-refractivity contribution >= 4 is 72.2 Å². The maximum atomic E-state index is 13.0. The van der Waals surface area contributed by atoms with Crippen LogP contribution in [0.25, 0.3) is 10.9 Å². The molecule has 34 heavy (non-hydrogen) atoms. The van der Waals surface area contributed by atoms with Crippen molar-refractivity contribution in [1.82, 2.24) is 9.66 Å². The Morgan fingerprint density at radius 1 is 1.06 bits per heavy atom. The first-order valence-corrected chi connectivity index (χ1v) is 12.3. The molecule has 0 bridgehead atoms. The van der Waals surface area contributed by atoms with Crippen molar-refractivity contribution in [2.45, 2.75) is 13.5 Å². The van der Waals surface area contributed by atoms with E-state index >= 15 is 0 Å². The summed E-state index contributed by atoms with van der Waals surface area (Å²) in [5, 5.41) is 5.80. The first kappa shape index (κ1) is 24.7. The Morgan fingerprint density at radius 3 is 2.59 bits per heavy atom. The summed E-state index contributed by atoms with van der Waals surface area (Å²) < 4.78 is 14.2. The van der Waals surface area contributed by atoms with Crippen molar-refractivity contribution < 1.29 is 9.47 Å². The summed E-state index contributed by atoms with van der Waals surface area (Å²) in [6, 6.07) is 14.2. The standard InChI is InChI=1S/C24H17Br2Cl2N3O3/c1-13-30-21-6-4-16(25)9-17(21)24(32)31(13)29-11-15-8-22(33-2)23(10-18(15)26)34-12-14-3-5-19(27)20(28)7-14/h3-11H,12H2,1-2H3. The van der Waals surface area contributed by atoms with Crippen molar-refractivity contribution in [3.8, 4) is 11.5 Å². The maximum Gasteiger partial charge on any atom is 0.282 e. The second kappa shape index (κ2) is 10.5. The predicted molar refractivity (Wildman–Crippen MR) is 143 cm³/mol. The molecule has 0 aliphatic carbocycles. The zero-order valence-corrected chi connectivity index (χ0v) is 22.7. The molecule has 4 aromatic rings. The van der Waals surface area contributed by atoms with Crippen LogP contribution in [0.2, 0.25) is 10.0 Å². The largest absolute Gasteiger partial charge is 0.493 e. The van der Waals surface area contributed by atoms with Crippen LogP contribution in [0.1, 0.15) is 17.0 Å². The Hall–Kier alpha value is -2.39. The van der Waals surface area contributed by atoms with Gasteiger partial charge in [0, 0.05) is 14.5 Å². The van der Waals surface area contributed by atoms with Crippen LogP contribution < -0.4 is 15.0 Å². The molecule has 10 heteroatoms. The van der Waals surface area contributed by atoms with Crippen LogP contribution in [0.15, 0.2) is 67.4 Å². The lowest BCUT2D eigenvalue weighted by Gasteiger charge is -2.13. The Bertz CT molecular complexity index is 1490. The number of benzene rings is 3. The van der Waals surface area contributed by atoms with E-state index in [0.717, 1.165) is 10.0 Å². The number of aryl methyl sites for hydroxylation is 1. The van der Waals surface area contributed by atoms with Crippen molar-refractivity contribution in [2.75, 3.05) is 7.11 Å². The van der Waals surface area contributed by atoms with Crippen molar-refractivity contribution in [3.05, 3.63) is 94.8 Å². The van der Waals surface area contributed by atoms with E-state index in [1.54, 1.807) is 56.6 Å². The summed E-state index contributed by atoms with van der Waals surface area (Å²) in [6.07, 6.45) is 1.56. The summed E-state index contributed by atoms with van der Waals surface area (Å²) in [6.45, 7) is 2.01. The summed E-state index contributed by atoms with van der Waals surface area (Å²) in [4.78, 5) is 17.4. The summed E-state index contributed by atoms with van der Waals surface area (Å²) in [7, 11) is 1.55. The van der Waals surface area contributed by atoms with Gasteiger partial charge in [0.1, 0.15) is 12.4 Å². The highest BCUT2D eigenvalue weighted by Gasteiger charge is 2.12. The molecule has 6 nitrogen and oxygen atoms in total. The van der Waals surface area contributed by atoms with Gasteiger partial charge in [-0.05, 0) is 70.9 Å². The molecular formula is C24H17Br2Cl2N3O3. The molecule has 174 valence electrons. The lowest BCUT2D eigenvalue weighted by Crippen LogP contribution is -2.20. The number of rotatable bonds is 6. The number of halogens is 4. The molecule has 1 heterocycles. The average molecular weight is 626 g/mol. The molecule has 0 aliphatic heterocycles. The van der Waals surface area contributed by atoms with E-state index in [9.17, 15) is 4.79 Å². The van der Waals surface area contributed by atoms with Gasteiger partial charge in [-0.2, -0.15) is 9.78 Å². The molecule has 0 aliphatic rings. The molecule has 1 aromatic heterocycles. The van der Waals surface area contributed by atoms with Gasteiger partial charge in [0.15, 0.2) is 11.5 Å². The van der Waals surface area contributed by atoms with Gasteiger partial charge in [0.2, 0.25) is 0 Å². The van der Waals surface area contributed by atoms with Gasteiger partial charge >= 0.3 is 0 Å². The second-order valence-electron chi connectivity index (χ2n) is 7.24. The molecule has 0 unspecified atom stereocenters. The molecule has 4 rings (SSSR count). The van der Waals surface area contributed by atoms with E-state index in [0.29, 0.717) is 48.3 Å². The molecule has 0 fully saturated rings. The molecule has 0 saturated carbocycles. The number of aromatic nitrogens is 2. The molecule has 0 atom stereocenters. The lowest BCUT2D eigenvalue weighted by molar-refractivity contribution is 0.284. The van der Waals surface area contributed by atoms with Crippen LogP contribution >= 0.6 is 55.1 Å². The fourth-order valence-electron chi connectivity index (χ4n) is 3.23. The Kier molecular flexibility index (Phi) is 7.62. The molecule has 0 amide bonds. The average Bonchev–Trinajstić information content (AvgIpc) is 2.81. The SMILES string of the molecule is COc1cc(C=Nn2c(C)nc3ccc(Br)cc3c2=O)c(Br)cc1OCc1ccc(Cl)c(Cl)c1. The van der Waals surface area contributed by atoms with E-state index in [1.807, 2.05) is 12.1 Å². The monoisotopic (exact) mass is 623 g/mol. The van der Waals surface area contributed by atoms with Gasteiger partial charge in [-0.3, -0.25) is 4.79 Å². The Morgan fingerprint density at radius 2 is 1.85 bits per heavy atom. The highest BCUT2D eigenvalue weighted by Crippen LogP contribution is 2.34. The summed E-state index contributed by atoms with van der Waals surface area (Å²) in [5.74, 6) is 1.51. The third-order valence-corrected chi connectivity index (χ3v) is 6.86. The molecule has 3 aromatic carbocycles. The zero-order chi connectivity index (χ0) is 24.4. The second-order valence-corrected chi connectivity index (χ2v) is 9.83. The Balaban J connectivity index is 1.63. The number of nitrogens with zero attached hydrogens (tertiary/aromatic N) is 3. The smallest absolute Gasteiger partial charge is 0.282 e. The van der Waals surface area contributed by atoms with Crippen LogP contribution in [0.5, 0.6) is 11.5 Å². The van der Waals surface area contributed by atoms with E-state index in [2.05, 4.69) is 41.9 Å². The summed E-state index contributed by atoms with van der Waals surface area (Å²) in [5.41, 5.74) is 1.91. The first-order chi connectivity index (χ1) is 16.3. The van der Waals surface area contributed by atoms with Crippen molar-refractivity contribution in [2.24, 2.45) is 5.10 Å². The van der Waals surface area contributed by atoms with Crippen molar-refractivity contribution in [1.29, 1.82) is 0 Å². The lowest BCUT2D eigenvalue weighted by atomic mass is 10.2. The predicted octanol–water partition coefficient (Wildman–Crippen LogP) is 7.01. The Labute approximate surface area is 222 Å². The highest BCUT2D eigenvalue weighted by molar-refractivity contribution is 9.10. The van der Waals surface area contributed by atoms with Gasteiger partial charge < -0.3 is 9.47 Å². The molecular weight excluding hydrogens is 609 g/mol. The first-order valence-electron chi connectivity index (χ1n) is 9.94. The van der Waals surface area contributed by atoms with Crippen LogP contribution in [-0.2, 0) is 6.61 Å². The molecule has 0 saturated heterocycles. The van der Waals surface area contributed by atoms with Crippen LogP contribution in [0.3, 0.4) is 0 Å². The maximum absolute atomic E-state index is 13.0. The molecule has 0 radical (unpaired) electrons. The van der Waals surface area contributed by atoms with Crippen LogP contribution in [0, 0.1) is 6.92 Å². The summed E-state index contributed by atoms with van der Waals surface area (Å²) >= 11 is 19.0. The van der Waals surface area contributed by atoms with E-state index < -0.39 is 0 Å². The highest BCUT2D eigenvalue weighted by atomic mass is 79.9. The molecule has 0 N–H and O–H groups in total. The van der Waals surface area contributed by atoms with Gasteiger partial charge in [-0.15, -0.1) is 0 Å². The van der Waals surface area contributed by atoms with Crippen molar-refractivity contribution in [3.63, 3.8) is 0 Å². The van der Waals surface area contributed by atoms with Gasteiger partial charge in [-0.25, -0.2) is 4.98 Å². The van der Waals surface area contributed by atoms with Gasteiger partial charge in [-0.1, -0.05) is 45.2 Å². The number of hydrogen-bond donors (Lipinski definition) is 0. The number of fused-ring (bicyclic) bond motifs is 1. The zero-order valence-electron chi connectivity index (χ0n) is 18.0.